The average Bonchev–Trinajstić information content (AvgIpc) is 3.12. The Morgan fingerprint density at radius 3 is 3.00 bits per heavy atom. The normalized spacial score (nSPS) is 30.2. The fourth-order valence-corrected chi connectivity index (χ4v) is 3.28. The summed E-state index contributed by atoms with van der Waals surface area (Å²) in [5.41, 5.74) is 1.69. The standard InChI is InChI=1S/C14H23N3/c1-2-17-11-13(10-16-17)14(12-6-7-12)8-4-3-5-9-15-14/h10-12,15H,2-9H2,1H3. The summed E-state index contributed by atoms with van der Waals surface area (Å²) in [6.45, 7) is 4.30. The van der Waals surface area contributed by atoms with Crippen LogP contribution in [0.4, 0.5) is 0 Å². The van der Waals surface area contributed by atoms with Gasteiger partial charge in [-0.1, -0.05) is 12.8 Å². The van der Waals surface area contributed by atoms with E-state index >= 15 is 0 Å². The van der Waals surface area contributed by atoms with Gasteiger partial charge in [0.2, 0.25) is 0 Å². The number of nitrogens with zero attached hydrogens (tertiary/aromatic N) is 2. The Kier molecular flexibility index (Phi) is 2.95. The molecule has 1 aliphatic carbocycles. The molecule has 1 atom stereocenters. The molecule has 1 saturated heterocycles. The van der Waals surface area contributed by atoms with Gasteiger partial charge in [-0.3, -0.25) is 4.68 Å². The lowest BCUT2D eigenvalue weighted by atomic mass is 9.83. The van der Waals surface area contributed by atoms with Gasteiger partial charge in [-0.25, -0.2) is 0 Å². The van der Waals surface area contributed by atoms with Crippen LogP contribution in [-0.2, 0) is 12.1 Å². The highest BCUT2D eigenvalue weighted by Gasteiger charge is 2.46. The molecule has 1 aliphatic heterocycles. The summed E-state index contributed by atoms with van der Waals surface area (Å²) >= 11 is 0. The number of aromatic nitrogens is 2. The van der Waals surface area contributed by atoms with E-state index in [-0.39, 0.29) is 5.54 Å². The van der Waals surface area contributed by atoms with Gasteiger partial charge in [-0.05, 0) is 45.1 Å². The lowest BCUT2D eigenvalue weighted by molar-refractivity contribution is 0.279. The van der Waals surface area contributed by atoms with Gasteiger partial charge in [-0.15, -0.1) is 0 Å². The van der Waals surface area contributed by atoms with Crippen LogP contribution in [0.2, 0.25) is 0 Å². The highest BCUT2D eigenvalue weighted by molar-refractivity contribution is 5.23. The Bertz CT molecular complexity index is 371. The fourth-order valence-electron chi connectivity index (χ4n) is 3.28. The molecule has 2 aliphatic rings. The highest BCUT2D eigenvalue weighted by atomic mass is 15.3. The van der Waals surface area contributed by atoms with Crippen LogP contribution in [0.25, 0.3) is 0 Å². The Hall–Kier alpha value is -0.830. The second-order valence-corrected chi connectivity index (χ2v) is 5.57. The first-order chi connectivity index (χ1) is 8.35. The third-order valence-electron chi connectivity index (χ3n) is 4.43. The quantitative estimate of drug-likeness (QED) is 0.870. The molecule has 0 amide bonds. The summed E-state index contributed by atoms with van der Waals surface area (Å²) in [6, 6.07) is 0. The zero-order chi connectivity index (χ0) is 11.7. The van der Waals surface area contributed by atoms with E-state index in [1.165, 1.54) is 50.6 Å². The average molecular weight is 233 g/mol. The molecule has 1 aromatic heterocycles. The van der Waals surface area contributed by atoms with Crippen molar-refractivity contribution in [1.82, 2.24) is 15.1 Å². The Morgan fingerprint density at radius 2 is 2.29 bits per heavy atom. The predicted octanol–water partition coefficient (Wildman–Crippen LogP) is 2.67. The number of hydrogen-bond acceptors (Lipinski definition) is 2. The third kappa shape index (κ3) is 2.01. The molecule has 2 heterocycles. The van der Waals surface area contributed by atoms with Crippen LogP contribution >= 0.6 is 0 Å². The van der Waals surface area contributed by atoms with Crippen LogP contribution in [0, 0.1) is 5.92 Å². The first-order valence-electron chi connectivity index (χ1n) is 7.13. The fraction of sp³-hybridized carbons (Fsp3) is 0.786. The van der Waals surface area contributed by atoms with Gasteiger partial charge in [0.05, 0.1) is 6.20 Å². The molecule has 1 unspecified atom stereocenters. The van der Waals surface area contributed by atoms with Crippen LogP contribution in [0.15, 0.2) is 12.4 Å². The molecule has 3 heteroatoms. The van der Waals surface area contributed by atoms with Crippen molar-refractivity contribution in [3.05, 3.63) is 18.0 Å². The molecule has 94 valence electrons. The predicted molar refractivity (Wildman–Crippen MR) is 68.8 cm³/mol. The van der Waals surface area contributed by atoms with E-state index in [0.717, 1.165) is 12.5 Å². The van der Waals surface area contributed by atoms with Crippen LogP contribution in [0.5, 0.6) is 0 Å². The number of aryl methyl sites for hydroxylation is 1. The molecule has 3 nitrogen and oxygen atoms in total. The molecule has 0 aromatic carbocycles. The topological polar surface area (TPSA) is 29.9 Å². The van der Waals surface area contributed by atoms with Gasteiger partial charge in [0.25, 0.3) is 0 Å². The van der Waals surface area contributed by atoms with Crippen molar-refractivity contribution in [2.45, 2.75) is 57.5 Å². The minimum Gasteiger partial charge on any atom is -0.307 e. The monoisotopic (exact) mass is 233 g/mol. The second kappa shape index (κ2) is 4.45. The van der Waals surface area contributed by atoms with E-state index in [1.54, 1.807) is 0 Å². The van der Waals surface area contributed by atoms with Crippen molar-refractivity contribution >= 4 is 0 Å². The largest absolute Gasteiger partial charge is 0.307 e. The summed E-state index contributed by atoms with van der Waals surface area (Å²) < 4.78 is 2.06. The Balaban J connectivity index is 1.91. The molecule has 2 fully saturated rings. The van der Waals surface area contributed by atoms with Crippen LogP contribution in [0.3, 0.4) is 0 Å². The second-order valence-electron chi connectivity index (χ2n) is 5.57. The van der Waals surface area contributed by atoms with Gasteiger partial charge in [-0.2, -0.15) is 5.10 Å². The van der Waals surface area contributed by atoms with E-state index in [2.05, 4.69) is 34.4 Å². The number of rotatable bonds is 3. The van der Waals surface area contributed by atoms with Crippen molar-refractivity contribution in [2.24, 2.45) is 5.92 Å². The van der Waals surface area contributed by atoms with E-state index in [4.69, 9.17) is 0 Å². The van der Waals surface area contributed by atoms with E-state index < -0.39 is 0 Å². The highest BCUT2D eigenvalue weighted by Crippen LogP contribution is 2.49. The summed E-state index contributed by atoms with van der Waals surface area (Å²) in [5, 5.41) is 8.33. The third-order valence-corrected chi connectivity index (χ3v) is 4.43. The Morgan fingerprint density at radius 1 is 1.41 bits per heavy atom. The number of nitrogens with one attached hydrogen (secondary N) is 1. The lowest BCUT2D eigenvalue weighted by Crippen LogP contribution is -2.43. The zero-order valence-electron chi connectivity index (χ0n) is 10.8. The van der Waals surface area contributed by atoms with Gasteiger partial charge in [0.1, 0.15) is 0 Å². The van der Waals surface area contributed by atoms with Crippen molar-refractivity contribution in [3.8, 4) is 0 Å². The van der Waals surface area contributed by atoms with Crippen LogP contribution in [0.1, 0.15) is 51.0 Å². The van der Waals surface area contributed by atoms with Crippen LogP contribution < -0.4 is 5.32 Å². The number of hydrogen-bond donors (Lipinski definition) is 1. The van der Waals surface area contributed by atoms with Gasteiger partial charge in [0, 0.05) is 23.8 Å². The first kappa shape index (κ1) is 11.3. The molecule has 0 spiro atoms. The van der Waals surface area contributed by atoms with E-state index in [1.807, 2.05) is 0 Å². The SMILES string of the molecule is CCn1cc(C2(C3CC3)CCCCCN2)cn1. The summed E-state index contributed by atoms with van der Waals surface area (Å²) in [4.78, 5) is 0. The zero-order valence-corrected chi connectivity index (χ0v) is 10.8. The lowest BCUT2D eigenvalue weighted by Gasteiger charge is -2.33. The van der Waals surface area contributed by atoms with Crippen LogP contribution in [-0.4, -0.2) is 16.3 Å². The maximum atomic E-state index is 4.47. The van der Waals surface area contributed by atoms with Gasteiger partial charge >= 0.3 is 0 Å². The van der Waals surface area contributed by atoms with Gasteiger partial charge < -0.3 is 5.32 Å². The van der Waals surface area contributed by atoms with E-state index in [0.29, 0.717) is 0 Å². The Labute approximate surface area is 104 Å². The molecule has 1 saturated carbocycles. The van der Waals surface area contributed by atoms with Crippen molar-refractivity contribution < 1.29 is 0 Å². The minimum atomic E-state index is 0.254. The minimum absolute atomic E-state index is 0.254. The molecule has 1 aromatic rings. The van der Waals surface area contributed by atoms with Crippen molar-refractivity contribution in [2.75, 3.05) is 6.54 Å². The van der Waals surface area contributed by atoms with E-state index in [9.17, 15) is 0 Å². The maximum Gasteiger partial charge on any atom is 0.0540 e. The maximum absolute atomic E-state index is 4.47. The molecule has 3 rings (SSSR count). The summed E-state index contributed by atoms with van der Waals surface area (Å²) in [7, 11) is 0. The summed E-state index contributed by atoms with van der Waals surface area (Å²) in [6.07, 6.45) is 12.5. The molecule has 0 bridgehead atoms. The van der Waals surface area contributed by atoms with Crippen molar-refractivity contribution in [3.63, 3.8) is 0 Å². The molecule has 1 N–H and O–H groups in total. The molecule has 0 radical (unpaired) electrons. The molecular formula is C14H23N3. The first-order valence-corrected chi connectivity index (χ1v) is 7.13. The summed E-state index contributed by atoms with van der Waals surface area (Å²) in [5.74, 6) is 0.857. The smallest absolute Gasteiger partial charge is 0.0540 e. The van der Waals surface area contributed by atoms with Gasteiger partial charge in [0.15, 0.2) is 0 Å². The van der Waals surface area contributed by atoms with Crippen molar-refractivity contribution in [1.29, 1.82) is 0 Å². The molecule has 17 heavy (non-hydrogen) atoms. The molecular weight excluding hydrogens is 210 g/mol.